The molecule has 10 heteroatoms. The second kappa shape index (κ2) is 5.51. The third-order valence-corrected chi connectivity index (χ3v) is 4.27. The highest BCUT2D eigenvalue weighted by Gasteiger charge is 2.21. The third kappa shape index (κ3) is 3.00. The van der Waals surface area contributed by atoms with Crippen molar-refractivity contribution in [1.29, 1.82) is 0 Å². The van der Waals surface area contributed by atoms with Crippen LogP contribution in [0.2, 0.25) is 5.02 Å². The van der Waals surface area contributed by atoms with Crippen LogP contribution in [-0.2, 0) is 0 Å². The summed E-state index contributed by atoms with van der Waals surface area (Å²) >= 11 is 7.99. The van der Waals surface area contributed by atoms with Crippen molar-refractivity contribution in [3.8, 4) is 0 Å². The Bertz CT molecular complexity index is 647. The number of nitro benzene ring substituents is 1. The number of hydrogen-bond acceptors (Lipinski definition) is 7. The molecule has 1 heterocycles. The van der Waals surface area contributed by atoms with Crippen molar-refractivity contribution in [2.24, 2.45) is 0 Å². The summed E-state index contributed by atoms with van der Waals surface area (Å²) in [5, 5.41) is 19.8. The van der Waals surface area contributed by atoms with Crippen LogP contribution in [0, 0.1) is 10.1 Å². The number of carboxylic acid groups (broad SMARTS) is 1. The summed E-state index contributed by atoms with van der Waals surface area (Å²) in [6, 6.07) is 2.08. The van der Waals surface area contributed by atoms with Crippen LogP contribution >= 0.6 is 34.9 Å². The van der Waals surface area contributed by atoms with Gasteiger partial charge in [-0.1, -0.05) is 23.4 Å². The Morgan fingerprint density at radius 2 is 2.26 bits per heavy atom. The molecule has 0 unspecified atom stereocenters. The highest BCUT2D eigenvalue weighted by atomic mass is 35.5. The number of benzene rings is 1. The average molecular weight is 318 g/mol. The maximum Gasteiger partial charge on any atom is 0.337 e. The lowest BCUT2D eigenvalue weighted by Gasteiger charge is -2.06. The summed E-state index contributed by atoms with van der Waals surface area (Å²) in [4.78, 5) is 25.2. The molecule has 2 rings (SSSR count). The lowest BCUT2D eigenvalue weighted by molar-refractivity contribution is -0.384. The van der Waals surface area contributed by atoms with Gasteiger partial charge in [-0.15, -0.1) is 0 Å². The molecule has 0 saturated carbocycles. The molecule has 98 valence electrons. The molecule has 0 aliphatic heterocycles. The number of aromatic carboxylic acids is 1. The largest absolute Gasteiger partial charge is 0.478 e. The minimum atomic E-state index is -1.29. The zero-order chi connectivity index (χ0) is 14.0. The molecule has 0 atom stereocenters. The van der Waals surface area contributed by atoms with Crippen LogP contribution in [0.4, 0.5) is 5.69 Å². The first-order valence-corrected chi connectivity index (χ1v) is 6.61. The molecule has 1 N–H and O–H groups in total. The van der Waals surface area contributed by atoms with Crippen molar-refractivity contribution in [3.63, 3.8) is 0 Å². The van der Waals surface area contributed by atoms with Crippen molar-refractivity contribution in [2.45, 2.75) is 9.24 Å². The van der Waals surface area contributed by atoms with Gasteiger partial charge in [-0.25, -0.2) is 9.78 Å². The van der Waals surface area contributed by atoms with Crippen molar-refractivity contribution in [3.05, 3.63) is 39.2 Å². The van der Waals surface area contributed by atoms with Crippen LogP contribution in [0.5, 0.6) is 0 Å². The third-order valence-electron chi connectivity index (χ3n) is 2.00. The lowest BCUT2D eigenvalue weighted by Crippen LogP contribution is -2.01. The van der Waals surface area contributed by atoms with E-state index >= 15 is 0 Å². The Morgan fingerprint density at radius 1 is 1.53 bits per heavy atom. The molecule has 0 aliphatic carbocycles. The summed E-state index contributed by atoms with van der Waals surface area (Å²) in [5.41, 5.74) is -0.608. The maximum absolute atomic E-state index is 11.2. The number of nitro groups is 1. The van der Waals surface area contributed by atoms with E-state index in [1.54, 1.807) is 0 Å². The van der Waals surface area contributed by atoms with Crippen LogP contribution in [0.1, 0.15) is 10.4 Å². The lowest BCUT2D eigenvalue weighted by atomic mass is 10.2. The minimum Gasteiger partial charge on any atom is -0.478 e. The van der Waals surface area contributed by atoms with Gasteiger partial charge in [0, 0.05) is 17.0 Å². The standard InChI is InChI=1S/C9H4ClN3O4S2/c10-6-2-4(13(16)17)1-5(8(14)15)7(6)18-9-11-3-12-19-9/h1-3H,(H,14,15). The zero-order valence-corrected chi connectivity index (χ0v) is 11.3. The molecule has 1 aromatic carbocycles. The Morgan fingerprint density at radius 3 is 2.79 bits per heavy atom. The van der Waals surface area contributed by atoms with Gasteiger partial charge in [0.25, 0.3) is 5.69 Å². The summed E-state index contributed by atoms with van der Waals surface area (Å²) in [7, 11) is 0. The van der Waals surface area contributed by atoms with Gasteiger partial charge in [0.2, 0.25) is 0 Å². The number of carboxylic acids is 1. The minimum absolute atomic E-state index is 0.00759. The number of nitrogens with zero attached hydrogens (tertiary/aromatic N) is 3. The SMILES string of the molecule is O=C(O)c1cc([N+](=O)[O-])cc(Cl)c1Sc1ncns1. The summed E-state index contributed by atoms with van der Waals surface area (Å²) in [5.74, 6) is -1.29. The average Bonchev–Trinajstić information content (AvgIpc) is 2.83. The van der Waals surface area contributed by atoms with Crippen molar-refractivity contribution in [1.82, 2.24) is 9.36 Å². The Kier molecular flexibility index (Phi) is 3.98. The maximum atomic E-state index is 11.2. The molecule has 0 amide bonds. The van der Waals surface area contributed by atoms with Gasteiger partial charge in [0.15, 0.2) is 4.34 Å². The number of non-ortho nitro benzene ring substituents is 1. The summed E-state index contributed by atoms with van der Waals surface area (Å²) < 4.78 is 4.28. The van der Waals surface area contributed by atoms with E-state index in [1.165, 1.54) is 6.33 Å². The number of halogens is 1. The second-order valence-corrected chi connectivity index (χ2v) is 5.62. The van der Waals surface area contributed by atoms with Gasteiger partial charge in [-0.05, 0) is 11.5 Å². The van der Waals surface area contributed by atoms with Gasteiger partial charge < -0.3 is 5.11 Å². The van der Waals surface area contributed by atoms with Gasteiger partial charge in [-0.2, -0.15) is 4.37 Å². The first kappa shape index (κ1) is 13.7. The second-order valence-electron chi connectivity index (χ2n) is 3.18. The zero-order valence-electron chi connectivity index (χ0n) is 8.94. The van der Waals surface area contributed by atoms with Crippen LogP contribution in [0.15, 0.2) is 27.7 Å². The molecule has 1 aromatic heterocycles. The molecule has 0 aliphatic rings. The van der Waals surface area contributed by atoms with Gasteiger partial charge in [0.05, 0.1) is 15.5 Å². The van der Waals surface area contributed by atoms with Crippen LogP contribution in [0.25, 0.3) is 0 Å². The van der Waals surface area contributed by atoms with Crippen molar-refractivity contribution in [2.75, 3.05) is 0 Å². The number of aromatic nitrogens is 2. The van der Waals surface area contributed by atoms with E-state index in [9.17, 15) is 14.9 Å². The molecular formula is C9H4ClN3O4S2. The predicted octanol–water partition coefficient (Wildman–Crippen LogP) is 2.95. The highest BCUT2D eigenvalue weighted by Crippen LogP contribution is 2.38. The molecule has 0 bridgehead atoms. The molecule has 0 fully saturated rings. The van der Waals surface area contributed by atoms with Gasteiger partial charge in [-0.3, -0.25) is 10.1 Å². The quantitative estimate of drug-likeness (QED) is 0.682. The number of carbonyl (C=O) groups is 1. The monoisotopic (exact) mass is 317 g/mol. The van der Waals surface area contributed by atoms with Gasteiger partial charge >= 0.3 is 5.97 Å². The molecule has 2 aromatic rings. The first-order chi connectivity index (χ1) is 8.99. The van der Waals surface area contributed by atoms with E-state index in [0.29, 0.717) is 4.34 Å². The van der Waals surface area contributed by atoms with Crippen LogP contribution in [0.3, 0.4) is 0 Å². The molecule has 19 heavy (non-hydrogen) atoms. The van der Waals surface area contributed by atoms with E-state index in [0.717, 1.165) is 35.4 Å². The molecule has 0 saturated heterocycles. The first-order valence-electron chi connectivity index (χ1n) is 4.65. The van der Waals surface area contributed by atoms with Gasteiger partial charge in [0.1, 0.15) is 6.33 Å². The molecular weight excluding hydrogens is 314 g/mol. The smallest absolute Gasteiger partial charge is 0.337 e. The molecule has 0 spiro atoms. The summed E-state index contributed by atoms with van der Waals surface area (Å²) in [6.45, 7) is 0. The number of hydrogen-bond donors (Lipinski definition) is 1. The summed E-state index contributed by atoms with van der Waals surface area (Å²) in [6.07, 6.45) is 1.33. The molecule has 0 radical (unpaired) electrons. The molecule has 7 nitrogen and oxygen atoms in total. The van der Waals surface area contributed by atoms with E-state index in [2.05, 4.69) is 9.36 Å². The van der Waals surface area contributed by atoms with Crippen molar-refractivity contribution >= 4 is 46.6 Å². The Balaban J connectivity index is 2.52. The highest BCUT2D eigenvalue weighted by molar-refractivity contribution is 8.01. The number of rotatable bonds is 4. The van der Waals surface area contributed by atoms with Crippen LogP contribution in [-0.4, -0.2) is 25.4 Å². The van der Waals surface area contributed by atoms with Crippen molar-refractivity contribution < 1.29 is 14.8 Å². The van der Waals surface area contributed by atoms with E-state index in [-0.39, 0.29) is 21.2 Å². The fourth-order valence-corrected chi connectivity index (χ4v) is 3.07. The predicted molar refractivity (Wildman–Crippen MR) is 69.1 cm³/mol. The fraction of sp³-hybridized carbons (Fsp3) is 0. The Hall–Kier alpha value is -1.71. The Labute approximate surface area is 119 Å². The normalized spacial score (nSPS) is 10.4. The van der Waals surface area contributed by atoms with E-state index in [4.69, 9.17) is 16.7 Å². The van der Waals surface area contributed by atoms with Crippen LogP contribution < -0.4 is 0 Å². The topological polar surface area (TPSA) is 106 Å². The fourth-order valence-electron chi connectivity index (χ4n) is 1.24. The van der Waals surface area contributed by atoms with E-state index < -0.39 is 10.9 Å². The van der Waals surface area contributed by atoms with E-state index in [1.807, 2.05) is 0 Å².